The fourth-order valence-electron chi connectivity index (χ4n) is 4.51. The quantitative estimate of drug-likeness (QED) is 0.462. The lowest BCUT2D eigenvalue weighted by Gasteiger charge is -2.23. The van der Waals surface area contributed by atoms with Crippen molar-refractivity contribution in [1.29, 1.82) is 0 Å². The number of carbonyl (C=O) groups is 2. The van der Waals surface area contributed by atoms with Gasteiger partial charge in [-0.05, 0) is 67.1 Å². The van der Waals surface area contributed by atoms with Gasteiger partial charge in [0.15, 0.2) is 0 Å². The lowest BCUT2D eigenvalue weighted by atomic mass is 9.92. The summed E-state index contributed by atoms with van der Waals surface area (Å²) in [6, 6.07) is 9.46. The summed E-state index contributed by atoms with van der Waals surface area (Å²) in [5.74, 6) is -0.454. The van der Waals surface area contributed by atoms with Crippen molar-refractivity contribution in [2.24, 2.45) is 0 Å². The first-order valence-electron chi connectivity index (χ1n) is 9.94. The molecule has 1 aliphatic heterocycles. The number of benzene rings is 2. The Hall–Kier alpha value is -2.83. The average molecular weight is 457 g/mol. The van der Waals surface area contributed by atoms with Crippen LogP contribution in [0.15, 0.2) is 45.6 Å². The summed E-state index contributed by atoms with van der Waals surface area (Å²) in [7, 11) is 0. The highest BCUT2D eigenvalue weighted by Gasteiger charge is 2.50. The van der Waals surface area contributed by atoms with E-state index in [0.29, 0.717) is 21.7 Å². The molecule has 8 heteroatoms. The number of urea groups is 1. The molecule has 1 N–H and O–H groups in total. The van der Waals surface area contributed by atoms with Gasteiger partial charge in [-0.3, -0.25) is 9.69 Å². The highest BCUT2D eigenvalue weighted by atomic mass is 35.5. The first kappa shape index (κ1) is 20.1. The fraction of sp³-hybridized carbons (Fsp3) is 0.261. The molecule has 1 unspecified atom stereocenters. The van der Waals surface area contributed by atoms with E-state index in [0.717, 1.165) is 29.5 Å². The number of imide groups is 1. The lowest BCUT2D eigenvalue weighted by molar-refractivity contribution is -0.131. The molecule has 0 spiro atoms. The molecule has 0 bridgehead atoms. The predicted molar refractivity (Wildman–Crippen MR) is 117 cm³/mol. The first-order valence-corrected chi connectivity index (χ1v) is 10.7. The van der Waals surface area contributed by atoms with Gasteiger partial charge in [0.2, 0.25) is 0 Å². The molecule has 2 aliphatic rings. The molecule has 31 heavy (non-hydrogen) atoms. The van der Waals surface area contributed by atoms with Crippen LogP contribution < -0.4 is 10.9 Å². The summed E-state index contributed by atoms with van der Waals surface area (Å²) in [6.07, 6.45) is 2.96. The summed E-state index contributed by atoms with van der Waals surface area (Å²) >= 11 is 12.3. The number of aryl methyl sites for hydroxylation is 2. The molecule has 1 saturated heterocycles. The Balaban J connectivity index is 1.55. The SMILES string of the molecule is CC1(c2ccc(Cl)cc2Cl)NC(=O)N(Cc2cc(=O)oc3cc4c(cc23)CCC4)C1=O. The van der Waals surface area contributed by atoms with Crippen LogP contribution >= 0.6 is 23.2 Å². The second-order valence-electron chi connectivity index (χ2n) is 8.13. The molecule has 1 aromatic heterocycles. The molecule has 2 aromatic carbocycles. The van der Waals surface area contributed by atoms with Crippen LogP contribution in [0.4, 0.5) is 4.79 Å². The number of fused-ring (bicyclic) bond motifs is 2. The predicted octanol–water partition coefficient (Wildman–Crippen LogP) is 4.56. The fourth-order valence-corrected chi connectivity index (χ4v) is 5.11. The van der Waals surface area contributed by atoms with E-state index < -0.39 is 23.1 Å². The minimum absolute atomic E-state index is 0.0493. The summed E-state index contributed by atoms with van der Waals surface area (Å²) in [5, 5.41) is 4.19. The van der Waals surface area contributed by atoms with E-state index in [9.17, 15) is 14.4 Å². The van der Waals surface area contributed by atoms with Gasteiger partial charge in [0.05, 0.1) is 6.54 Å². The van der Waals surface area contributed by atoms with Crippen LogP contribution in [0, 0.1) is 0 Å². The van der Waals surface area contributed by atoms with Gasteiger partial charge in [-0.25, -0.2) is 9.59 Å². The van der Waals surface area contributed by atoms with Crippen LogP contribution in [0.1, 0.15) is 35.6 Å². The maximum absolute atomic E-state index is 13.3. The molecule has 6 nitrogen and oxygen atoms in total. The number of amides is 3. The van der Waals surface area contributed by atoms with Gasteiger partial charge in [0.1, 0.15) is 11.1 Å². The Kier molecular flexibility index (Phi) is 4.61. The third-order valence-corrected chi connectivity index (χ3v) is 6.66. The molecule has 0 radical (unpaired) electrons. The molecular weight excluding hydrogens is 439 g/mol. The van der Waals surface area contributed by atoms with Gasteiger partial charge < -0.3 is 9.73 Å². The van der Waals surface area contributed by atoms with Crippen molar-refractivity contribution in [3.8, 4) is 0 Å². The minimum Gasteiger partial charge on any atom is -0.423 e. The van der Waals surface area contributed by atoms with Crippen LogP contribution in [-0.2, 0) is 29.7 Å². The van der Waals surface area contributed by atoms with Crippen molar-refractivity contribution in [2.45, 2.75) is 38.3 Å². The van der Waals surface area contributed by atoms with Crippen LogP contribution in [0.25, 0.3) is 11.0 Å². The molecule has 1 atom stereocenters. The van der Waals surface area contributed by atoms with Gasteiger partial charge in [-0.1, -0.05) is 29.3 Å². The summed E-state index contributed by atoms with van der Waals surface area (Å²) in [6.45, 7) is 1.55. The zero-order valence-electron chi connectivity index (χ0n) is 16.6. The van der Waals surface area contributed by atoms with Crippen LogP contribution in [0.2, 0.25) is 10.0 Å². The Morgan fingerprint density at radius 3 is 2.55 bits per heavy atom. The van der Waals surface area contributed by atoms with Crippen LogP contribution in [0.5, 0.6) is 0 Å². The largest absolute Gasteiger partial charge is 0.423 e. The Morgan fingerprint density at radius 2 is 1.81 bits per heavy atom. The molecule has 1 fully saturated rings. The van der Waals surface area contributed by atoms with E-state index in [4.69, 9.17) is 27.6 Å². The average Bonchev–Trinajstić information content (AvgIpc) is 3.24. The van der Waals surface area contributed by atoms with E-state index in [1.54, 1.807) is 19.1 Å². The number of rotatable bonds is 3. The normalized spacial score (nSPS) is 20.4. The van der Waals surface area contributed by atoms with Crippen LogP contribution in [-0.4, -0.2) is 16.8 Å². The molecule has 5 rings (SSSR count). The second kappa shape index (κ2) is 7.11. The van der Waals surface area contributed by atoms with E-state index in [1.165, 1.54) is 23.3 Å². The summed E-state index contributed by atoms with van der Waals surface area (Å²) < 4.78 is 5.39. The van der Waals surface area contributed by atoms with Crippen LogP contribution in [0.3, 0.4) is 0 Å². The number of hydrogen-bond acceptors (Lipinski definition) is 4. The standard InChI is InChI=1S/C23H18Cl2N2O4/c1-23(17-6-5-15(24)10-18(17)25)21(29)27(22(30)26-23)11-14-9-20(28)31-19-8-13-4-2-3-12(13)7-16(14)19/h5-10H,2-4,11H2,1H3,(H,26,30). The van der Waals surface area contributed by atoms with Gasteiger partial charge in [-0.2, -0.15) is 0 Å². The number of carbonyl (C=O) groups excluding carboxylic acids is 2. The monoisotopic (exact) mass is 456 g/mol. The maximum Gasteiger partial charge on any atom is 0.336 e. The van der Waals surface area contributed by atoms with Crippen molar-refractivity contribution in [1.82, 2.24) is 10.2 Å². The highest BCUT2D eigenvalue weighted by molar-refractivity contribution is 6.35. The first-order chi connectivity index (χ1) is 14.8. The lowest BCUT2D eigenvalue weighted by Crippen LogP contribution is -2.41. The van der Waals surface area contributed by atoms with Crippen molar-refractivity contribution >= 4 is 46.1 Å². The molecule has 2 heterocycles. The maximum atomic E-state index is 13.3. The van der Waals surface area contributed by atoms with Crippen molar-refractivity contribution in [3.05, 3.63) is 79.1 Å². The summed E-state index contributed by atoms with van der Waals surface area (Å²) in [5.41, 5.74) is 2.01. The molecular formula is C23H18Cl2N2O4. The van der Waals surface area contributed by atoms with Gasteiger partial charge in [0, 0.05) is 27.1 Å². The zero-order chi connectivity index (χ0) is 21.9. The highest BCUT2D eigenvalue weighted by Crippen LogP contribution is 2.36. The third-order valence-electron chi connectivity index (χ3n) is 6.12. The van der Waals surface area contributed by atoms with E-state index in [-0.39, 0.29) is 11.6 Å². The third kappa shape index (κ3) is 3.22. The smallest absolute Gasteiger partial charge is 0.336 e. The number of halogens is 2. The summed E-state index contributed by atoms with van der Waals surface area (Å²) in [4.78, 5) is 39.4. The van der Waals surface area contributed by atoms with Crippen molar-refractivity contribution < 1.29 is 14.0 Å². The van der Waals surface area contributed by atoms with Gasteiger partial charge >= 0.3 is 11.7 Å². The number of nitrogens with zero attached hydrogens (tertiary/aromatic N) is 1. The number of nitrogens with one attached hydrogen (secondary N) is 1. The molecule has 3 amide bonds. The Morgan fingerprint density at radius 1 is 1.06 bits per heavy atom. The number of hydrogen-bond donors (Lipinski definition) is 1. The molecule has 0 saturated carbocycles. The molecule has 158 valence electrons. The second-order valence-corrected chi connectivity index (χ2v) is 8.98. The van der Waals surface area contributed by atoms with Crippen molar-refractivity contribution in [2.75, 3.05) is 0 Å². The topological polar surface area (TPSA) is 79.6 Å². The molecule has 3 aromatic rings. The van der Waals surface area contributed by atoms with Crippen molar-refractivity contribution in [3.63, 3.8) is 0 Å². The van der Waals surface area contributed by atoms with E-state index >= 15 is 0 Å². The van der Waals surface area contributed by atoms with E-state index in [1.807, 2.05) is 12.1 Å². The molecule has 1 aliphatic carbocycles. The Labute approximate surface area is 187 Å². The van der Waals surface area contributed by atoms with Gasteiger partial charge in [0.25, 0.3) is 5.91 Å². The Bertz CT molecular complexity index is 1330. The van der Waals surface area contributed by atoms with Gasteiger partial charge in [-0.15, -0.1) is 0 Å². The zero-order valence-corrected chi connectivity index (χ0v) is 18.1. The van der Waals surface area contributed by atoms with E-state index in [2.05, 4.69) is 5.32 Å². The minimum atomic E-state index is -1.34.